The lowest BCUT2D eigenvalue weighted by atomic mass is 10.1. The minimum atomic E-state index is 0.0933. The van der Waals surface area contributed by atoms with Crippen molar-refractivity contribution < 1.29 is 9.15 Å². The van der Waals surface area contributed by atoms with E-state index in [1.54, 1.807) is 7.11 Å². The van der Waals surface area contributed by atoms with Gasteiger partial charge >= 0.3 is 0 Å². The molecule has 3 heteroatoms. The molecule has 19 heavy (non-hydrogen) atoms. The molecule has 3 nitrogen and oxygen atoms in total. The van der Waals surface area contributed by atoms with Crippen LogP contribution >= 0.6 is 0 Å². The highest BCUT2D eigenvalue weighted by atomic mass is 16.5. The minimum Gasteiger partial charge on any atom is -0.493 e. The van der Waals surface area contributed by atoms with Gasteiger partial charge in [0, 0.05) is 23.0 Å². The molecule has 2 aromatic rings. The van der Waals surface area contributed by atoms with E-state index in [4.69, 9.17) is 9.15 Å². The van der Waals surface area contributed by atoms with Gasteiger partial charge in [-0.2, -0.15) is 0 Å². The molecule has 0 bridgehead atoms. The Kier molecular flexibility index (Phi) is 3.85. The van der Waals surface area contributed by atoms with E-state index in [1.165, 1.54) is 11.1 Å². The van der Waals surface area contributed by atoms with Crippen LogP contribution in [0.4, 0.5) is 0 Å². The van der Waals surface area contributed by atoms with Crippen LogP contribution in [0.3, 0.4) is 0 Å². The van der Waals surface area contributed by atoms with E-state index in [-0.39, 0.29) is 5.54 Å². The van der Waals surface area contributed by atoms with Gasteiger partial charge in [0.2, 0.25) is 0 Å². The van der Waals surface area contributed by atoms with Crippen molar-refractivity contribution in [3.63, 3.8) is 0 Å². The predicted molar refractivity (Wildman–Crippen MR) is 78.7 cm³/mol. The second-order valence-electron chi connectivity index (χ2n) is 5.89. The van der Waals surface area contributed by atoms with Gasteiger partial charge in [0.15, 0.2) is 11.3 Å². The third-order valence-electron chi connectivity index (χ3n) is 3.22. The van der Waals surface area contributed by atoms with Gasteiger partial charge in [-0.3, -0.25) is 0 Å². The van der Waals surface area contributed by atoms with Crippen molar-refractivity contribution in [1.82, 2.24) is 5.32 Å². The molecule has 104 valence electrons. The van der Waals surface area contributed by atoms with Crippen LogP contribution in [0.15, 0.2) is 22.8 Å². The van der Waals surface area contributed by atoms with Gasteiger partial charge in [-0.25, -0.2) is 0 Å². The van der Waals surface area contributed by atoms with Crippen LogP contribution in [-0.2, 0) is 13.0 Å². The van der Waals surface area contributed by atoms with Crippen molar-refractivity contribution in [2.75, 3.05) is 7.11 Å². The minimum absolute atomic E-state index is 0.0933. The highest BCUT2D eigenvalue weighted by molar-refractivity contribution is 5.87. The largest absolute Gasteiger partial charge is 0.493 e. The lowest BCUT2D eigenvalue weighted by molar-refractivity contribution is 0.409. The molecule has 1 heterocycles. The molecule has 0 aliphatic rings. The van der Waals surface area contributed by atoms with Crippen molar-refractivity contribution in [2.45, 2.75) is 46.2 Å². The highest BCUT2D eigenvalue weighted by Gasteiger charge is 2.14. The summed E-state index contributed by atoms with van der Waals surface area (Å²) in [4.78, 5) is 0. The predicted octanol–water partition coefficient (Wildman–Crippen LogP) is 3.89. The first-order chi connectivity index (χ1) is 8.94. The van der Waals surface area contributed by atoms with E-state index < -0.39 is 0 Å². The molecule has 0 fully saturated rings. The molecule has 1 N–H and O–H groups in total. The fourth-order valence-corrected chi connectivity index (χ4v) is 2.07. The van der Waals surface area contributed by atoms with Crippen LogP contribution in [0.2, 0.25) is 0 Å². The van der Waals surface area contributed by atoms with Gasteiger partial charge in [0.1, 0.15) is 0 Å². The monoisotopic (exact) mass is 261 g/mol. The lowest BCUT2D eigenvalue weighted by Crippen LogP contribution is -2.34. The first-order valence-corrected chi connectivity index (χ1v) is 6.76. The average molecular weight is 261 g/mol. The van der Waals surface area contributed by atoms with E-state index in [0.29, 0.717) is 0 Å². The summed E-state index contributed by atoms with van der Waals surface area (Å²) >= 11 is 0. The molecule has 0 radical (unpaired) electrons. The topological polar surface area (TPSA) is 34.4 Å². The number of rotatable bonds is 4. The second kappa shape index (κ2) is 5.25. The number of ether oxygens (including phenoxy) is 1. The Hall–Kier alpha value is -1.48. The smallest absolute Gasteiger partial charge is 0.176 e. The Balaban J connectivity index is 2.40. The maximum Gasteiger partial charge on any atom is 0.176 e. The van der Waals surface area contributed by atoms with Gasteiger partial charge in [0.05, 0.1) is 13.4 Å². The molecule has 0 saturated heterocycles. The van der Waals surface area contributed by atoms with E-state index in [2.05, 4.69) is 39.1 Å². The van der Waals surface area contributed by atoms with Gasteiger partial charge in [0.25, 0.3) is 0 Å². The zero-order valence-electron chi connectivity index (χ0n) is 12.5. The number of fused-ring (bicyclic) bond motifs is 1. The first-order valence-electron chi connectivity index (χ1n) is 6.76. The number of benzene rings is 1. The van der Waals surface area contributed by atoms with E-state index in [9.17, 15) is 0 Å². The van der Waals surface area contributed by atoms with Gasteiger partial charge in [-0.1, -0.05) is 6.92 Å². The zero-order valence-corrected chi connectivity index (χ0v) is 12.5. The molecule has 0 spiro atoms. The SMILES string of the molecule is CCc1cc(OC)c2occ(CNC(C)(C)C)c2c1. The van der Waals surface area contributed by atoms with Gasteiger partial charge in [-0.15, -0.1) is 0 Å². The number of nitrogens with one attached hydrogen (secondary N) is 1. The maximum atomic E-state index is 5.67. The molecule has 0 aliphatic carbocycles. The summed E-state index contributed by atoms with van der Waals surface area (Å²) in [5, 5.41) is 4.64. The standard InChI is InChI=1S/C16H23NO2/c1-6-11-7-13-12(9-17-16(2,3)4)10-19-15(13)14(8-11)18-5/h7-8,10,17H,6,9H2,1-5H3. The summed E-state index contributed by atoms with van der Waals surface area (Å²) in [6.45, 7) is 9.43. The number of hydrogen-bond donors (Lipinski definition) is 1. The molecule has 1 aromatic heterocycles. The van der Waals surface area contributed by atoms with Crippen LogP contribution in [0.1, 0.15) is 38.8 Å². The first kappa shape index (κ1) is 13.9. The number of methoxy groups -OCH3 is 1. The van der Waals surface area contributed by atoms with Crippen LogP contribution < -0.4 is 10.1 Å². The number of furan rings is 1. The van der Waals surface area contributed by atoms with Crippen LogP contribution in [-0.4, -0.2) is 12.6 Å². The number of aryl methyl sites for hydroxylation is 1. The molecule has 1 aromatic carbocycles. The quantitative estimate of drug-likeness (QED) is 0.906. The fraction of sp³-hybridized carbons (Fsp3) is 0.500. The van der Waals surface area contributed by atoms with E-state index in [1.807, 2.05) is 12.3 Å². The summed E-state index contributed by atoms with van der Waals surface area (Å²) in [7, 11) is 1.68. The molecular formula is C16H23NO2. The van der Waals surface area contributed by atoms with E-state index >= 15 is 0 Å². The Labute approximate surface area is 114 Å². The van der Waals surface area contributed by atoms with E-state index in [0.717, 1.165) is 29.7 Å². The van der Waals surface area contributed by atoms with Crippen LogP contribution in [0.5, 0.6) is 5.75 Å². The Morgan fingerprint density at radius 1 is 1.26 bits per heavy atom. The summed E-state index contributed by atoms with van der Waals surface area (Å²) in [5.74, 6) is 0.816. The van der Waals surface area contributed by atoms with Crippen LogP contribution in [0, 0.1) is 0 Å². The molecule has 0 amide bonds. The fourth-order valence-electron chi connectivity index (χ4n) is 2.07. The summed E-state index contributed by atoms with van der Waals surface area (Å²) < 4.78 is 11.1. The Bertz CT molecular complexity index is 564. The van der Waals surface area contributed by atoms with Gasteiger partial charge in [-0.05, 0) is 44.9 Å². The summed E-state index contributed by atoms with van der Waals surface area (Å²) in [5.41, 5.74) is 3.38. The van der Waals surface area contributed by atoms with Crippen molar-refractivity contribution in [2.24, 2.45) is 0 Å². The normalized spacial score (nSPS) is 12.1. The molecule has 2 rings (SSSR count). The summed E-state index contributed by atoms with van der Waals surface area (Å²) in [6, 6.07) is 4.24. The molecule has 0 aliphatic heterocycles. The average Bonchev–Trinajstić information content (AvgIpc) is 2.77. The lowest BCUT2D eigenvalue weighted by Gasteiger charge is -2.20. The van der Waals surface area contributed by atoms with Crippen molar-refractivity contribution in [3.05, 3.63) is 29.5 Å². The molecule has 0 unspecified atom stereocenters. The number of hydrogen-bond acceptors (Lipinski definition) is 3. The van der Waals surface area contributed by atoms with Crippen molar-refractivity contribution >= 4 is 11.0 Å². The molecule has 0 saturated carbocycles. The third kappa shape index (κ3) is 3.10. The van der Waals surface area contributed by atoms with Crippen LogP contribution in [0.25, 0.3) is 11.0 Å². The zero-order chi connectivity index (χ0) is 14.0. The maximum absolute atomic E-state index is 5.67. The summed E-state index contributed by atoms with van der Waals surface area (Å²) in [6.07, 6.45) is 2.81. The van der Waals surface area contributed by atoms with Gasteiger partial charge < -0.3 is 14.5 Å². The Morgan fingerprint density at radius 3 is 2.58 bits per heavy atom. The molecular weight excluding hydrogens is 238 g/mol. The van der Waals surface area contributed by atoms with Crippen molar-refractivity contribution in [3.8, 4) is 5.75 Å². The van der Waals surface area contributed by atoms with Crippen molar-refractivity contribution in [1.29, 1.82) is 0 Å². The third-order valence-corrected chi connectivity index (χ3v) is 3.22. The molecule has 0 atom stereocenters. The Morgan fingerprint density at radius 2 is 2.00 bits per heavy atom. The highest BCUT2D eigenvalue weighted by Crippen LogP contribution is 2.31. The second-order valence-corrected chi connectivity index (χ2v) is 5.89.